The average Bonchev–Trinajstić information content (AvgIpc) is 2.53. The summed E-state index contributed by atoms with van der Waals surface area (Å²) in [4.78, 5) is 2.57. The SMILES string of the molecule is [11CH3]CCN1CCc2cccc3c2[C@H]1Cc1ccc(O)c(O)c1-3. The molecule has 0 saturated carbocycles. The first kappa shape index (κ1) is 13.6. The second kappa shape index (κ2) is 5.03. The molecule has 22 heavy (non-hydrogen) atoms. The van der Waals surface area contributed by atoms with Gasteiger partial charge in [0.05, 0.1) is 0 Å². The molecule has 114 valence electrons. The Morgan fingerprint density at radius 2 is 2.00 bits per heavy atom. The van der Waals surface area contributed by atoms with Crippen molar-refractivity contribution in [3.8, 4) is 22.6 Å². The topological polar surface area (TPSA) is 43.7 Å². The predicted octanol–water partition coefficient (Wildman–Crippen LogP) is 3.63. The van der Waals surface area contributed by atoms with E-state index >= 15 is 0 Å². The third-order valence-electron chi connectivity index (χ3n) is 5.08. The highest BCUT2D eigenvalue weighted by Crippen LogP contribution is 2.50. The summed E-state index contributed by atoms with van der Waals surface area (Å²) in [5, 5.41) is 20.2. The lowest BCUT2D eigenvalue weighted by molar-refractivity contribution is 0.183. The summed E-state index contributed by atoms with van der Waals surface area (Å²) in [6.45, 7) is 4.44. The van der Waals surface area contributed by atoms with Gasteiger partial charge in [-0.1, -0.05) is 31.2 Å². The largest absolute Gasteiger partial charge is 0.504 e. The van der Waals surface area contributed by atoms with Crippen molar-refractivity contribution >= 4 is 0 Å². The van der Waals surface area contributed by atoms with Crippen LogP contribution in [0, 0.1) is 0 Å². The van der Waals surface area contributed by atoms with Gasteiger partial charge in [0.25, 0.3) is 0 Å². The Kier molecular flexibility index (Phi) is 3.12. The van der Waals surface area contributed by atoms with Crippen LogP contribution in [0.3, 0.4) is 0 Å². The minimum Gasteiger partial charge on any atom is -0.504 e. The van der Waals surface area contributed by atoms with Gasteiger partial charge in [0.2, 0.25) is 0 Å². The second-order valence-corrected chi connectivity index (χ2v) is 6.35. The first-order valence-corrected chi connectivity index (χ1v) is 8.10. The molecule has 2 N–H and O–H groups in total. The Hall–Kier alpha value is -2.00. The lowest BCUT2D eigenvalue weighted by atomic mass is 9.76. The van der Waals surface area contributed by atoms with Crippen LogP contribution >= 0.6 is 0 Å². The van der Waals surface area contributed by atoms with Crippen molar-refractivity contribution in [3.63, 3.8) is 0 Å². The number of hydrogen-bond acceptors (Lipinski definition) is 3. The van der Waals surface area contributed by atoms with Gasteiger partial charge in [-0.2, -0.15) is 0 Å². The van der Waals surface area contributed by atoms with Crippen molar-refractivity contribution in [1.82, 2.24) is 4.90 Å². The number of nitrogens with zero attached hydrogens (tertiary/aromatic N) is 1. The number of phenolic OH excluding ortho intramolecular Hbond substituents is 2. The van der Waals surface area contributed by atoms with E-state index in [0.717, 1.165) is 49.0 Å². The normalized spacial score (nSPS) is 19.6. The highest BCUT2D eigenvalue weighted by atomic mass is 16.3. The summed E-state index contributed by atoms with van der Waals surface area (Å²) in [5.74, 6) is -0.00649. The Balaban J connectivity index is 1.95. The van der Waals surface area contributed by atoms with Crippen LogP contribution in [0.4, 0.5) is 0 Å². The van der Waals surface area contributed by atoms with Crippen LogP contribution in [-0.4, -0.2) is 28.2 Å². The zero-order valence-electron chi connectivity index (χ0n) is 12.8. The summed E-state index contributed by atoms with van der Waals surface area (Å²) >= 11 is 0. The van der Waals surface area contributed by atoms with Gasteiger partial charge in [0.15, 0.2) is 11.5 Å². The van der Waals surface area contributed by atoms with Crippen molar-refractivity contribution in [2.24, 2.45) is 0 Å². The Bertz CT molecular complexity index is 738. The second-order valence-electron chi connectivity index (χ2n) is 6.35. The molecule has 2 aromatic carbocycles. The maximum absolute atomic E-state index is 10.4. The summed E-state index contributed by atoms with van der Waals surface area (Å²) < 4.78 is 0. The van der Waals surface area contributed by atoms with E-state index in [-0.39, 0.29) is 11.5 Å². The fourth-order valence-corrected chi connectivity index (χ4v) is 4.13. The van der Waals surface area contributed by atoms with E-state index in [2.05, 4.69) is 30.0 Å². The van der Waals surface area contributed by atoms with Crippen LogP contribution in [0.1, 0.15) is 36.1 Å². The van der Waals surface area contributed by atoms with Crippen LogP contribution in [-0.2, 0) is 12.8 Å². The molecule has 0 unspecified atom stereocenters. The molecular weight excluding hydrogens is 273 g/mol. The minimum absolute atomic E-state index is 0.0250. The maximum atomic E-state index is 10.4. The van der Waals surface area contributed by atoms with Crippen LogP contribution in [0.2, 0.25) is 0 Å². The molecule has 1 atom stereocenters. The molecule has 0 aromatic heterocycles. The summed E-state index contributed by atoms with van der Waals surface area (Å²) in [6.07, 6.45) is 3.13. The monoisotopic (exact) mass is 294 g/mol. The van der Waals surface area contributed by atoms with E-state index in [1.165, 1.54) is 11.1 Å². The van der Waals surface area contributed by atoms with E-state index in [1.807, 2.05) is 6.07 Å². The molecule has 2 aromatic rings. The molecule has 1 aliphatic heterocycles. The van der Waals surface area contributed by atoms with Crippen molar-refractivity contribution < 1.29 is 10.2 Å². The molecule has 0 radical (unpaired) electrons. The van der Waals surface area contributed by atoms with Gasteiger partial charge in [-0.25, -0.2) is 0 Å². The van der Waals surface area contributed by atoms with Gasteiger partial charge < -0.3 is 10.2 Å². The van der Waals surface area contributed by atoms with Crippen molar-refractivity contribution in [2.45, 2.75) is 32.2 Å². The smallest absolute Gasteiger partial charge is 0.165 e. The molecule has 0 saturated heterocycles. The molecule has 1 aliphatic carbocycles. The summed E-state index contributed by atoms with van der Waals surface area (Å²) in [5.41, 5.74) is 5.80. The molecule has 0 amide bonds. The third kappa shape index (κ3) is 1.85. The van der Waals surface area contributed by atoms with E-state index in [1.54, 1.807) is 6.07 Å². The van der Waals surface area contributed by atoms with Crippen LogP contribution in [0.5, 0.6) is 11.5 Å². The quantitative estimate of drug-likeness (QED) is 0.831. The van der Waals surface area contributed by atoms with Gasteiger partial charge in [-0.05, 0) is 54.1 Å². The van der Waals surface area contributed by atoms with Gasteiger partial charge in [0.1, 0.15) is 0 Å². The first-order chi connectivity index (χ1) is 10.7. The molecule has 0 fully saturated rings. The van der Waals surface area contributed by atoms with Gasteiger partial charge in [-0.15, -0.1) is 0 Å². The summed E-state index contributed by atoms with van der Waals surface area (Å²) in [6, 6.07) is 10.3. The molecule has 1 heterocycles. The van der Waals surface area contributed by atoms with Crippen molar-refractivity contribution in [2.75, 3.05) is 13.1 Å². The number of phenols is 2. The van der Waals surface area contributed by atoms with Crippen molar-refractivity contribution in [1.29, 1.82) is 0 Å². The number of benzene rings is 2. The van der Waals surface area contributed by atoms with Gasteiger partial charge in [0, 0.05) is 18.2 Å². The highest BCUT2D eigenvalue weighted by molar-refractivity contribution is 5.82. The summed E-state index contributed by atoms with van der Waals surface area (Å²) in [7, 11) is 0. The Morgan fingerprint density at radius 1 is 1.14 bits per heavy atom. The van der Waals surface area contributed by atoms with E-state index < -0.39 is 0 Å². The molecule has 2 aliphatic rings. The van der Waals surface area contributed by atoms with E-state index in [0.29, 0.717) is 6.04 Å². The van der Waals surface area contributed by atoms with Crippen LogP contribution in [0.25, 0.3) is 11.1 Å². The Labute approximate surface area is 130 Å². The molecular formula is C19H21NO2. The zero-order chi connectivity index (χ0) is 15.3. The standard InChI is InChI=1S/C19H21NO2/c1-2-9-20-10-8-12-4-3-5-14-17(12)15(20)11-13-6-7-16(21)19(22)18(13)14/h3-7,15,21-22H,2,8-11H2,1H3/t15-/m1/s1/i1-1. The highest BCUT2D eigenvalue weighted by Gasteiger charge is 2.35. The number of aromatic hydroxyl groups is 2. The molecule has 3 nitrogen and oxygen atoms in total. The molecule has 0 bridgehead atoms. The number of hydrogen-bond donors (Lipinski definition) is 2. The van der Waals surface area contributed by atoms with Gasteiger partial charge >= 0.3 is 0 Å². The predicted molar refractivity (Wildman–Crippen MR) is 87.2 cm³/mol. The van der Waals surface area contributed by atoms with Crippen LogP contribution < -0.4 is 0 Å². The fourth-order valence-electron chi connectivity index (χ4n) is 4.13. The maximum Gasteiger partial charge on any atom is 0.165 e. The van der Waals surface area contributed by atoms with Crippen molar-refractivity contribution in [3.05, 3.63) is 47.0 Å². The fraction of sp³-hybridized carbons (Fsp3) is 0.368. The minimum atomic E-state index is -0.0315. The van der Waals surface area contributed by atoms with E-state index in [4.69, 9.17) is 0 Å². The first-order valence-electron chi connectivity index (χ1n) is 8.10. The lowest BCUT2D eigenvalue weighted by Crippen LogP contribution is -2.38. The molecule has 0 spiro atoms. The lowest BCUT2D eigenvalue weighted by Gasteiger charge is -2.41. The van der Waals surface area contributed by atoms with Gasteiger partial charge in [-0.3, -0.25) is 4.90 Å². The van der Waals surface area contributed by atoms with E-state index in [9.17, 15) is 10.2 Å². The Morgan fingerprint density at radius 3 is 2.82 bits per heavy atom. The third-order valence-corrected chi connectivity index (χ3v) is 5.08. The number of fused-ring (bicyclic) bond motifs is 2. The zero-order valence-corrected chi connectivity index (χ0v) is 12.8. The number of rotatable bonds is 2. The average molecular weight is 294 g/mol. The van der Waals surface area contributed by atoms with Crippen LogP contribution in [0.15, 0.2) is 30.3 Å². The molecule has 4 rings (SSSR count). The molecule has 3 heteroatoms.